The summed E-state index contributed by atoms with van der Waals surface area (Å²) in [6, 6.07) is 9.65. The van der Waals surface area contributed by atoms with Crippen LogP contribution in [0, 0.1) is 18.8 Å². The summed E-state index contributed by atoms with van der Waals surface area (Å²) in [5.41, 5.74) is 3.46. The maximum Gasteiger partial charge on any atom is 0.253 e. The third kappa shape index (κ3) is 12.0. The second-order valence-electron chi connectivity index (χ2n) is 9.86. The van der Waals surface area contributed by atoms with Gasteiger partial charge in [-0.2, -0.15) is 0 Å². The molecule has 1 aromatic carbocycles. The zero-order chi connectivity index (χ0) is 27.8. The number of unbranched alkanes of at least 4 members (excludes halogenated alkanes) is 1. The van der Waals surface area contributed by atoms with E-state index in [1.54, 1.807) is 18.5 Å². The predicted molar refractivity (Wildman–Crippen MR) is 158 cm³/mol. The van der Waals surface area contributed by atoms with Crippen molar-refractivity contribution in [3.63, 3.8) is 0 Å². The number of thiazole rings is 1. The number of anilines is 1. The zero-order valence-corrected chi connectivity index (χ0v) is 24.3. The van der Waals surface area contributed by atoms with Crippen molar-refractivity contribution in [2.45, 2.75) is 66.7 Å². The number of amides is 2. The van der Waals surface area contributed by atoms with Gasteiger partial charge in [0, 0.05) is 36.6 Å². The first kappa shape index (κ1) is 31.2. The molecule has 1 aliphatic rings. The number of aryl methyl sites for hydroxylation is 1. The molecular weight excluding hydrogens is 496 g/mol. The summed E-state index contributed by atoms with van der Waals surface area (Å²) in [4.78, 5) is 30.9. The van der Waals surface area contributed by atoms with Crippen LogP contribution in [0.1, 0.15) is 75.7 Å². The molecule has 3 N–H and O–H groups in total. The maximum atomic E-state index is 11.9. The van der Waals surface area contributed by atoms with E-state index in [2.05, 4.69) is 48.3 Å². The number of aromatic nitrogens is 2. The van der Waals surface area contributed by atoms with E-state index in [1.165, 1.54) is 43.4 Å². The molecule has 2 amide bonds. The molecule has 2 atom stereocenters. The van der Waals surface area contributed by atoms with Gasteiger partial charge in [-0.25, -0.2) is 4.98 Å². The Morgan fingerprint density at radius 3 is 2.66 bits per heavy atom. The average Bonchev–Trinajstić information content (AvgIpc) is 3.70. The van der Waals surface area contributed by atoms with Gasteiger partial charge in [0.25, 0.3) is 5.91 Å². The molecular formula is C30H44N4O3S. The van der Waals surface area contributed by atoms with Gasteiger partial charge in [0.15, 0.2) is 5.13 Å². The summed E-state index contributed by atoms with van der Waals surface area (Å²) in [5, 5.41) is 7.65. The van der Waals surface area contributed by atoms with E-state index in [0.717, 1.165) is 41.9 Å². The quantitative estimate of drug-likeness (QED) is 0.270. The van der Waals surface area contributed by atoms with Crippen LogP contribution in [0.25, 0.3) is 11.3 Å². The number of nitrogens with one attached hydrogen (secondary N) is 3. The van der Waals surface area contributed by atoms with Crippen LogP contribution in [0.3, 0.4) is 0 Å². The number of ether oxygens (including phenoxy) is 1. The number of benzene rings is 1. The van der Waals surface area contributed by atoms with Gasteiger partial charge in [-0.15, -0.1) is 11.3 Å². The molecule has 0 saturated carbocycles. The monoisotopic (exact) mass is 540 g/mol. The Morgan fingerprint density at radius 1 is 1.26 bits per heavy atom. The average molecular weight is 541 g/mol. The minimum absolute atomic E-state index is 0.108. The molecule has 38 heavy (non-hydrogen) atoms. The fraction of sp³-hybridized carbons (Fsp3) is 0.500. The maximum absolute atomic E-state index is 11.9. The number of hydrogen-bond donors (Lipinski definition) is 3. The molecule has 3 heterocycles. The largest absolute Gasteiger partial charge is 0.381 e. The zero-order valence-electron chi connectivity index (χ0n) is 23.5. The molecule has 0 bridgehead atoms. The molecule has 208 valence electrons. The first-order valence-electron chi connectivity index (χ1n) is 13.6. The number of nitrogens with zero attached hydrogens (tertiary/aromatic N) is 1. The Balaban J connectivity index is 0.000000296. The second kappa shape index (κ2) is 17.5. The summed E-state index contributed by atoms with van der Waals surface area (Å²) < 4.78 is 5.06. The van der Waals surface area contributed by atoms with Crippen LogP contribution < -0.4 is 10.6 Å². The van der Waals surface area contributed by atoms with Crippen LogP contribution in [0.15, 0.2) is 48.1 Å². The van der Waals surface area contributed by atoms with Gasteiger partial charge < -0.3 is 20.4 Å². The number of carbonyl (C=O) groups excluding carboxylic acids is 2. The van der Waals surface area contributed by atoms with Crippen LogP contribution in [0.5, 0.6) is 0 Å². The minimum Gasteiger partial charge on any atom is -0.381 e. The SMILES string of the molecule is CC1CCOC1.CCCCC(C)CC.Cc1cccc(-c2csc(NC(=O)CNC(=O)c3cc[nH]c3)n2)c1. The lowest BCUT2D eigenvalue weighted by Crippen LogP contribution is -2.32. The van der Waals surface area contributed by atoms with Gasteiger partial charge in [-0.3, -0.25) is 9.59 Å². The molecule has 0 spiro atoms. The van der Waals surface area contributed by atoms with E-state index >= 15 is 0 Å². The van der Waals surface area contributed by atoms with E-state index in [9.17, 15) is 9.59 Å². The van der Waals surface area contributed by atoms with Crippen molar-refractivity contribution < 1.29 is 14.3 Å². The smallest absolute Gasteiger partial charge is 0.253 e. The molecule has 2 unspecified atom stereocenters. The molecule has 0 radical (unpaired) electrons. The van der Waals surface area contributed by atoms with Gasteiger partial charge in [-0.1, -0.05) is 77.1 Å². The van der Waals surface area contributed by atoms with Crippen molar-refractivity contribution >= 4 is 28.3 Å². The van der Waals surface area contributed by atoms with Gasteiger partial charge in [0.2, 0.25) is 5.91 Å². The summed E-state index contributed by atoms with van der Waals surface area (Å²) >= 11 is 1.35. The molecule has 1 saturated heterocycles. The third-order valence-electron chi connectivity index (χ3n) is 6.24. The van der Waals surface area contributed by atoms with Crippen LogP contribution in [-0.4, -0.2) is 41.5 Å². The lowest BCUT2D eigenvalue weighted by Gasteiger charge is -2.04. The number of aromatic amines is 1. The number of hydrogen-bond acceptors (Lipinski definition) is 5. The van der Waals surface area contributed by atoms with E-state index in [-0.39, 0.29) is 18.4 Å². The number of H-pyrrole nitrogens is 1. The van der Waals surface area contributed by atoms with E-state index in [0.29, 0.717) is 10.7 Å². The van der Waals surface area contributed by atoms with Gasteiger partial charge in [0.05, 0.1) is 17.8 Å². The van der Waals surface area contributed by atoms with Gasteiger partial charge in [-0.05, 0) is 37.3 Å². The summed E-state index contributed by atoms with van der Waals surface area (Å²) in [6.07, 6.45) is 10.0. The molecule has 4 rings (SSSR count). The van der Waals surface area contributed by atoms with Crippen LogP contribution in [0.2, 0.25) is 0 Å². The molecule has 0 aliphatic carbocycles. The van der Waals surface area contributed by atoms with Crippen LogP contribution >= 0.6 is 11.3 Å². The van der Waals surface area contributed by atoms with Crippen LogP contribution in [-0.2, 0) is 9.53 Å². The Kier molecular flexibility index (Phi) is 14.4. The van der Waals surface area contributed by atoms with Gasteiger partial charge >= 0.3 is 0 Å². The minimum atomic E-state index is -0.316. The molecule has 1 aliphatic heterocycles. The Labute approximate surface area is 231 Å². The molecule has 7 nitrogen and oxygen atoms in total. The predicted octanol–water partition coefficient (Wildman–Crippen LogP) is 7.08. The molecule has 3 aromatic rings. The molecule has 1 fully saturated rings. The fourth-order valence-corrected chi connectivity index (χ4v) is 4.30. The fourth-order valence-electron chi connectivity index (χ4n) is 3.57. The standard InChI is InChI=1S/C17H16N4O2S.C8H18.C5H10O/c1-11-3-2-4-12(7-11)14-10-24-17(20-14)21-15(22)9-19-16(23)13-5-6-18-8-13;1-4-6-7-8(3)5-2;1-5-2-3-6-4-5/h2-8,10,18H,9H2,1H3,(H,19,23)(H,20,21,22);8H,4-7H2,1-3H3;5H,2-4H2,1H3. The molecule has 2 aromatic heterocycles. The Morgan fingerprint density at radius 2 is 2.08 bits per heavy atom. The summed E-state index contributed by atoms with van der Waals surface area (Å²) in [7, 11) is 0. The highest BCUT2D eigenvalue weighted by atomic mass is 32.1. The highest BCUT2D eigenvalue weighted by molar-refractivity contribution is 7.14. The third-order valence-corrected chi connectivity index (χ3v) is 7.00. The number of rotatable bonds is 9. The first-order chi connectivity index (χ1) is 18.3. The lowest BCUT2D eigenvalue weighted by molar-refractivity contribution is -0.115. The van der Waals surface area contributed by atoms with Crippen molar-refractivity contribution in [3.05, 3.63) is 59.2 Å². The highest BCUT2D eigenvalue weighted by Gasteiger charge is 2.11. The lowest BCUT2D eigenvalue weighted by atomic mass is 10.0. The summed E-state index contributed by atoms with van der Waals surface area (Å²) in [5.74, 6) is 1.16. The van der Waals surface area contributed by atoms with E-state index in [4.69, 9.17) is 4.74 Å². The highest BCUT2D eigenvalue weighted by Crippen LogP contribution is 2.25. The Hall–Kier alpha value is -2.97. The van der Waals surface area contributed by atoms with Crippen molar-refractivity contribution in [1.29, 1.82) is 0 Å². The first-order valence-corrected chi connectivity index (χ1v) is 14.5. The van der Waals surface area contributed by atoms with Gasteiger partial charge in [0.1, 0.15) is 0 Å². The Bertz CT molecular complexity index is 1070. The van der Waals surface area contributed by atoms with Crippen molar-refractivity contribution in [2.75, 3.05) is 25.1 Å². The normalized spacial score (nSPS) is 14.9. The molecule has 8 heteroatoms. The van der Waals surface area contributed by atoms with Crippen molar-refractivity contribution in [3.8, 4) is 11.3 Å². The second-order valence-corrected chi connectivity index (χ2v) is 10.7. The van der Waals surface area contributed by atoms with E-state index in [1.807, 2.05) is 36.6 Å². The van der Waals surface area contributed by atoms with E-state index < -0.39 is 0 Å². The van der Waals surface area contributed by atoms with Crippen molar-refractivity contribution in [1.82, 2.24) is 15.3 Å². The summed E-state index contributed by atoms with van der Waals surface area (Å²) in [6.45, 7) is 12.9. The van der Waals surface area contributed by atoms with Crippen LogP contribution in [0.4, 0.5) is 5.13 Å². The number of carbonyl (C=O) groups is 2. The van der Waals surface area contributed by atoms with Crippen molar-refractivity contribution in [2.24, 2.45) is 11.8 Å². The topological polar surface area (TPSA) is 96.1 Å².